The van der Waals surface area contributed by atoms with Crippen molar-refractivity contribution in [3.63, 3.8) is 0 Å². The molecule has 1 saturated carbocycles. The van der Waals surface area contributed by atoms with Crippen LogP contribution >= 0.6 is 11.6 Å². The highest BCUT2D eigenvalue weighted by atomic mass is 35.5. The van der Waals surface area contributed by atoms with Gasteiger partial charge in [0.1, 0.15) is 5.82 Å². The van der Waals surface area contributed by atoms with Crippen LogP contribution in [0.2, 0.25) is 5.02 Å². The van der Waals surface area contributed by atoms with Gasteiger partial charge in [-0.3, -0.25) is 0 Å². The Labute approximate surface area is 120 Å². The second-order valence-electron chi connectivity index (χ2n) is 6.32. The van der Waals surface area contributed by atoms with E-state index in [0.717, 1.165) is 31.6 Å². The summed E-state index contributed by atoms with van der Waals surface area (Å²) in [6.45, 7) is 4.53. The zero-order chi connectivity index (χ0) is 14.0. The average Bonchev–Trinajstić information content (AvgIpc) is 2.35. The Morgan fingerprint density at radius 3 is 2.53 bits per heavy atom. The molecular formula is C16H23ClFN. The highest BCUT2D eigenvalue weighted by Gasteiger charge is 2.33. The minimum absolute atomic E-state index is 0.233. The van der Waals surface area contributed by atoms with Crippen LogP contribution in [0.5, 0.6) is 0 Å². The maximum absolute atomic E-state index is 13.8. The molecule has 1 aliphatic carbocycles. The lowest BCUT2D eigenvalue weighted by Crippen LogP contribution is -2.46. The molecule has 0 unspecified atom stereocenters. The van der Waals surface area contributed by atoms with Crippen LogP contribution in [0.1, 0.15) is 45.1 Å². The Bertz CT molecular complexity index is 416. The molecule has 0 saturated heterocycles. The van der Waals surface area contributed by atoms with Crippen molar-refractivity contribution in [2.45, 2.75) is 51.5 Å². The molecule has 0 aliphatic heterocycles. The fourth-order valence-electron chi connectivity index (χ4n) is 3.11. The molecule has 106 valence electrons. The van der Waals surface area contributed by atoms with Gasteiger partial charge in [0.05, 0.1) is 0 Å². The molecule has 0 aromatic heterocycles. The number of halogens is 2. The molecule has 2 rings (SSSR count). The summed E-state index contributed by atoms with van der Waals surface area (Å²) in [5, 5.41) is 0.496. The summed E-state index contributed by atoms with van der Waals surface area (Å²) in [5.41, 5.74) is 6.75. The van der Waals surface area contributed by atoms with E-state index in [9.17, 15) is 4.39 Å². The van der Waals surface area contributed by atoms with Gasteiger partial charge in [0.25, 0.3) is 0 Å². The maximum atomic E-state index is 13.8. The van der Waals surface area contributed by atoms with Crippen LogP contribution in [0, 0.1) is 17.7 Å². The molecule has 0 amide bonds. The first kappa shape index (κ1) is 14.8. The van der Waals surface area contributed by atoms with Crippen molar-refractivity contribution in [3.05, 3.63) is 34.6 Å². The fraction of sp³-hybridized carbons (Fsp3) is 0.625. The molecule has 1 aromatic rings. The van der Waals surface area contributed by atoms with E-state index < -0.39 is 0 Å². The lowest BCUT2D eigenvalue weighted by atomic mass is 9.71. The third-order valence-electron chi connectivity index (χ3n) is 4.56. The third-order valence-corrected chi connectivity index (χ3v) is 4.91. The van der Waals surface area contributed by atoms with E-state index >= 15 is 0 Å². The van der Waals surface area contributed by atoms with Gasteiger partial charge in [-0.2, -0.15) is 0 Å². The second-order valence-corrected chi connectivity index (χ2v) is 6.73. The third kappa shape index (κ3) is 3.49. The van der Waals surface area contributed by atoms with Gasteiger partial charge >= 0.3 is 0 Å². The topological polar surface area (TPSA) is 26.0 Å². The first-order valence-corrected chi connectivity index (χ1v) is 7.51. The summed E-state index contributed by atoms with van der Waals surface area (Å²) in [6, 6.07) is 4.84. The van der Waals surface area contributed by atoms with E-state index in [1.54, 1.807) is 12.1 Å². The normalized spacial score (nSPS) is 27.8. The zero-order valence-electron chi connectivity index (χ0n) is 11.8. The number of nitrogens with two attached hydrogens (primary N) is 1. The van der Waals surface area contributed by atoms with Crippen LogP contribution in [-0.2, 0) is 6.42 Å². The van der Waals surface area contributed by atoms with Crippen molar-refractivity contribution in [1.82, 2.24) is 0 Å². The molecule has 0 bridgehead atoms. The number of rotatable bonds is 3. The number of hydrogen-bond acceptors (Lipinski definition) is 1. The van der Waals surface area contributed by atoms with E-state index in [-0.39, 0.29) is 11.4 Å². The zero-order valence-corrected chi connectivity index (χ0v) is 12.5. The van der Waals surface area contributed by atoms with E-state index in [1.165, 1.54) is 6.07 Å². The summed E-state index contributed by atoms with van der Waals surface area (Å²) < 4.78 is 13.8. The Hall–Kier alpha value is -0.600. The number of hydrogen-bond donors (Lipinski definition) is 1. The highest BCUT2D eigenvalue weighted by Crippen LogP contribution is 2.37. The summed E-state index contributed by atoms with van der Waals surface area (Å²) in [4.78, 5) is 0. The minimum atomic E-state index is -0.294. The van der Waals surface area contributed by atoms with Gasteiger partial charge in [0.2, 0.25) is 0 Å². The van der Waals surface area contributed by atoms with Gasteiger partial charge in [0, 0.05) is 16.1 Å². The molecule has 0 heterocycles. The van der Waals surface area contributed by atoms with Crippen molar-refractivity contribution in [1.29, 1.82) is 0 Å². The van der Waals surface area contributed by atoms with Crippen LogP contribution in [0.25, 0.3) is 0 Å². The van der Waals surface area contributed by atoms with Crippen molar-refractivity contribution in [2.75, 3.05) is 0 Å². The van der Waals surface area contributed by atoms with Crippen LogP contribution in [0.4, 0.5) is 4.39 Å². The predicted molar refractivity (Wildman–Crippen MR) is 78.8 cm³/mol. The fourth-order valence-corrected chi connectivity index (χ4v) is 3.34. The molecule has 2 N–H and O–H groups in total. The van der Waals surface area contributed by atoms with Gasteiger partial charge in [-0.05, 0) is 56.1 Å². The maximum Gasteiger partial charge on any atom is 0.127 e. The van der Waals surface area contributed by atoms with Crippen molar-refractivity contribution in [2.24, 2.45) is 17.6 Å². The molecule has 0 radical (unpaired) electrons. The molecular weight excluding hydrogens is 261 g/mol. The lowest BCUT2D eigenvalue weighted by Gasteiger charge is -2.39. The van der Waals surface area contributed by atoms with Gasteiger partial charge < -0.3 is 5.73 Å². The molecule has 3 heteroatoms. The summed E-state index contributed by atoms with van der Waals surface area (Å²) in [5.74, 6) is 1.23. The first-order chi connectivity index (χ1) is 8.91. The van der Waals surface area contributed by atoms with Gasteiger partial charge in [0.15, 0.2) is 0 Å². The summed E-state index contributed by atoms with van der Waals surface area (Å²) in [7, 11) is 0. The van der Waals surface area contributed by atoms with Crippen LogP contribution in [0.3, 0.4) is 0 Å². The molecule has 1 aromatic carbocycles. The van der Waals surface area contributed by atoms with E-state index in [2.05, 4.69) is 13.8 Å². The number of benzene rings is 1. The van der Waals surface area contributed by atoms with E-state index in [4.69, 9.17) is 17.3 Å². The Kier molecular flexibility index (Phi) is 4.52. The SMILES string of the molecule is CC(C)C1CCC(N)(Cc2c(F)cccc2Cl)CC1. The van der Waals surface area contributed by atoms with E-state index in [1.807, 2.05) is 0 Å². The van der Waals surface area contributed by atoms with Crippen LogP contribution in [-0.4, -0.2) is 5.54 Å². The quantitative estimate of drug-likeness (QED) is 0.864. The van der Waals surface area contributed by atoms with Crippen LogP contribution < -0.4 is 5.73 Å². The van der Waals surface area contributed by atoms with E-state index in [0.29, 0.717) is 22.9 Å². The molecule has 1 fully saturated rings. The molecule has 0 spiro atoms. The monoisotopic (exact) mass is 283 g/mol. The van der Waals surface area contributed by atoms with Crippen molar-refractivity contribution >= 4 is 11.6 Å². The first-order valence-electron chi connectivity index (χ1n) is 7.13. The molecule has 19 heavy (non-hydrogen) atoms. The molecule has 1 nitrogen and oxygen atoms in total. The van der Waals surface area contributed by atoms with Crippen molar-refractivity contribution < 1.29 is 4.39 Å². The smallest absolute Gasteiger partial charge is 0.127 e. The van der Waals surface area contributed by atoms with Gasteiger partial charge in [-0.1, -0.05) is 31.5 Å². The van der Waals surface area contributed by atoms with Crippen molar-refractivity contribution in [3.8, 4) is 0 Å². The van der Waals surface area contributed by atoms with Gasteiger partial charge in [-0.25, -0.2) is 4.39 Å². The molecule has 0 atom stereocenters. The average molecular weight is 284 g/mol. The summed E-state index contributed by atoms with van der Waals surface area (Å²) in [6.07, 6.45) is 4.74. The Morgan fingerprint density at radius 1 is 1.37 bits per heavy atom. The lowest BCUT2D eigenvalue weighted by molar-refractivity contribution is 0.193. The Morgan fingerprint density at radius 2 is 2.00 bits per heavy atom. The molecule has 1 aliphatic rings. The highest BCUT2D eigenvalue weighted by molar-refractivity contribution is 6.31. The summed E-state index contributed by atoms with van der Waals surface area (Å²) >= 11 is 6.09. The van der Waals surface area contributed by atoms with Crippen LogP contribution in [0.15, 0.2) is 18.2 Å². The predicted octanol–water partition coefficient (Wildman–Crippen LogP) is 4.57. The standard InChI is InChI=1S/C16H23ClFN/c1-11(2)12-6-8-16(19,9-7-12)10-13-14(17)4-3-5-15(13)18/h3-5,11-12H,6-10,19H2,1-2H3. The minimum Gasteiger partial charge on any atom is -0.325 e. The second kappa shape index (κ2) is 5.80. The van der Waals surface area contributed by atoms with Gasteiger partial charge in [-0.15, -0.1) is 0 Å². The Balaban J connectivity index is 2.07. The largest absolute Gasteiger partial charge is 0.325 e.